The van der Waals surface area contributed by atoms with Gasteiger partial charge in [0.1, 0.15) is 0 Å². The van der Waals surface area contributed by atoms with E-state index in [1.165, 1.54) is 11.1 Å². The molecule has 2 rings (SSSR count). The van der Waals surface area contributed by atoms with Gasteiger partial charge in [0, 0.05) is 7.11 Å². The molecule has 0 saturated carbocycles. The summed E-state index contributed by atoms with van der Waals surface area (Å²) in [6.07, 6.45) is 5.31. The highest BCUT2D eigenvalue weighted by molar-refractivity contribution is 5.48. The van der Waals surface area contributed by atoms with Gasteiger partial charge < -0.3 is 4.74 Å². The predicted molar refractivity (Wildman–Crippen MR) is 76.3 cm³/mol. The Morgan fingerprint density at radius 1 is 0.944 bits per heavy atom. The number of rotatable bonds is 5. The molecule has 0 heterocycles. The van der Waals surface area contributed by atoms with Crippen molar-refractivity contribution in [2.75, 3.05) is 7.11 Å². The molecule has 0 aromatic heterocycles. The van der Waals surface area contributed by atoms with Crippen molar-refractivity contribution in [3.63, 3.8) is 0 Å². The van der Waals surface area contributed by atoms with E-state index in [0.717, 1.165) is 6.42 Å². The van der Waals surface area contributed by atoms with Crippen LogP contribution < -0.4 is 0 Å². The summed E-state index contributed by atoms with van der Waals surface area (Å²) in [6, 6.07) is 20.6. The lowest BCUT2D eigenvalue weighted by molar-refractivity contribution is 0.106. The molecule has 0 fully saturated rings. The van der Waals surface area contributed by atoms with Gasteiger partial charge in [0.25, 0.3) is 0 Å². The Morgan fingerprint density at radius 2 is 1.56 bits per heavy atom. The molecule has 2 aromatic rings. The molecule has 0 saturated heterocycles. The zero-order valence-electron chi connectivity index (χ0n) is 10.6. The Labute approximate surface area is 109 Å². The maximum Gasteiger partial charge on any atom is 0.0855 e. The van der Waals surface area contributed by atoms with E-state index < -0.39 is 0 Å². The maximum absolute atomic E-state index is 5.52. The van der Waals surface area contributed by atoms with Crippen molar-refractivity contribution in [2.24, 2.45) is 0 Å². The fourth-order valence-electron chi connectivity index (χ4n) is 1.93. The van der Waals surface area contributed by atoms with Gasteiger partial charge in [-0.15, -0.1) is 0 Å². The van der Waals surface area contributed by atoms with Crippen molar-refractivity contribution in [3.05, 3.63) is 77.9 Å². The summed E-state index contributed by atoms with van der Waals surface area (Å²) in [5.41, 5.74) is 2.44. The van der Waals surface area contributed by atoms with Gasteiger partial charge in [-0.05, 0) is 17.5 Å². The largest absolute Gasteiger partial charge is 0.376 e. The highest BCUT2D eigenvalue weighted by atomic mass is 16.5. The summed E-state index contributed by atoms with van der Waals surface area (Å²) in [5, 5.41) is 0. The van der Waals surface area contributed by atoms with Crippen molar-refractivity contribution < 1.29 is 4.74 Å². The summed E-state index contributed by atoms with van der Waals surface area (Å²) in [6.45, 7) is 0. The number of methoxy groups -OCH3 is 1. The van der Waals surface area contributed by atoms with E-state index in [9.17, 15) is 0 Å². The molecule has 18 heavy (non-hydrogen) atoms. The fourth-order valence-corrected chi connectivity index (χ4v) is 1.93. The number of ether oxygens (including phenoxy) is 1. The summed E-state index contributed by atoms with van der Waals surface area (Å²) in [7, 11) is 1.76. The van der Waals surface area contributed by atoms with E-state index in [4.69, 9.17) is 4.74 Å². The molecule has 0 bridgehead atoms. The molecule has 1 atom stereocenters. The normalized spacial score (nSPS) is 12.7. The lowest BCUT2D eigenvalue weighted by atomic mass is 10.1. The average molecular weight is 238 g/mol. The summed E-state index contributed by atoms with van der Waals surface area (Å²) in [4.78, 5) is 0. The van der Waals surface area contributed by atoms with Crippen molar-refractivity contribution in [3.8, 4) is 0 Å². The molecule has 1 heteroatoms. The zero-order valence-corrected chi connectivity index (χ0v) is 10.6. The minimum Gasteiger partial charge on any atom is -0.376 e. The van der Waals surface area contributed by atoms with Crippen LogP contribution in [-0.2, 0) is 4.74 Å². The highest BCUT2D eigenvalue weighted by Gasteiger charge is 2.06. The highest BCUT2D eigenvalue weighted by Crippen LogP contribution is 2.20. The molecule has 0 aliphatic rings. The van der Waals surface area contributed by atoms with Gasteiger partial charge in [-0.1, -0.05) is 72.8 Å². The molecular formula is C17H18O. The van der Waals surface area contributed by atoms with E-state index in [1.54, 1.807) is 7.11 Å². The Kier molecular flexibility index (Phi) is 4.74. The molecule has 0 N–H and O–H groups in total. The Balaban J connectivity index is 1.98. The summed E-state index contributed by atoms with van der Waals surface area (Å²) in [5.74, 6) is 0. The van der Waals surface area contributed by atoms with Crippen LogP contribution in [0, 0.1) is 0 Å². The lowest BCUT2D eigenvalue weighted by Gasteiger charge is -2.13. The monoisotopic (exact) mass is 238 g/mol. The SMILES string of the molecule is COC(CC=Cc1ccccc1)c1ccccc1. The van der Waals surface area contributed by atoms with Crippen molar-refractivity contribution >= 4 is 6.08 Å². The van der Waals surface area contributed by atoms with E-state index in [0.29, 0.717) is 0 Å². The molecule has 0 amide bonds. The molecule has 1 nitrogen and oxygen atoms in total. The average Bonchev–Trinajstić information content (AvgIpc) is 2.46. The molecule has 92 valence electrons. The van der Waals surface area contributed by atoms with Crippen LogP contribution in [0.5, 0.6) is 0 Å². The van der Waals surface area contributed by atoms with Crippen LogP contribution in [0.1, 0.15) is 23.7 Å². The van der Waals surface area contributed by atoms with Crippen molar-refractivity contribution in [2.45, 2.75) is 12.5 Å². The fraction of sp³-hybridized carbons (Fsp3) is 0.176. The van der Waals surface area contributed by atoms with Gasteiger partial charge in [-0.25, -0.2) is 0 Å². The molecule has 1 unspecified atom stereocenters. The maximum atomic E-state index is 5.52. The van der Waals surface area contributed by atoms with Gasteiger partial charge in [-0.3, -0.25) is 0 Å². The van der Waals surface area contributed by atoms with Crippen LogP contribution in [0.2, 0.25) is 0 Å². The molecular weight excluding hydrogens is 220 g/mol. The van der Waals surface area contributed by atoms with Gasteiger partial charge in [0.2, 0.25) is 0 Å². The van der Waals surface area contributed by atoms with E-state index >= 15 is 0 Å². The van der Waals surface area contributed by atoms with Gasteiger partial charge in [-0.2, -0.15) is 0 Å². The quantitative estimate of drug-likeness (QED) is 0.746. The molecule has 0 spiro atoms. The Hall–Kier alpha value is -1.86. The number of hydrogen-bond acceptors (Lipinski definition) is 1. The molecule has 0 aliphatic carbocycles. The van der Waals surface area contributed by atoms with Crippen LogP contribution in [-0.4, -0.2) is 7.11 Å². The zero-order chi connectivity index (χ0) is 12.6. The number of benzene rings is 2. The first-order chi connectivity index (χ1) is 8.90. The second kappa shape index (κ2) is 6.77. The topological polar surface area (TPSA) is 9.23 Å². The van der Waals surface area contributed by atoms with Crippen LogP contribution in [0.15, 0.2) is 66.7 Å². The lowest BCUT2D eigenvalue weighted by Crippen LogP contribution is -1.99. The molecule has 2 aromatic carbocycles. The third kappa shape index (κ3) is 3.57. The van der Waals surface area contributed by atoms with Crippen molar-refractivity contribution in [1.82, 2.24) is 0 Å². The predicted octanol–water partition coefficient (Wildman–Crippen LogP) is 4.48. The number of hydrogen-bond donors (Lipinski definition) is 0. The van der Waals surface area contributed by atoms with Crippen LogP contribution in [0.4, 0.5) is 0 Å². The van der Waals surface area contributed by atoms with Gasteiger partial charge >= 0.3 is 0 Å². The second-order valence-electron chi connectivity index (χ2n) is 4.18. The van der Waals surface area contributed by atoms with Gasteiger partial charge in [0.15, 0.2) is 0 Å². The van der Waals surface area contributed by atoms with Gasteiger partial charge in [0.05, 0.1) is 6.10 Å². The summed E-state index contributed by atoms with van der Waals surface area (Å²) >= 11 is 0. The first kappa shape index (κ1) is 12.6. The summed E-state index contributed by atoms with van der Waals surface area (Å²) < 4.78 is 5.52. The van der Waals surface area contributed by atoms with E-state index in [1.807, 2.05) is 36.4 Å². The van der Waals surface area contributed by atoms with Crippen LogP contribution >= 0.6 is 0 Å². The molecule has 0 radical (unpaired) electrons. The Bertz CT molecular complexity index is 473. The minimum absolute atomic E-state index is 0.131. The standard InChI is InChI=1S/C17H18O/c1-18-17(16-12-6-3-7-13-16)14-8-11-15-9-4-2-5-10-15/h2-13,17H,14H2,1H3. The third-order valence-corrected chi connectivity index (χ3v) is 2.92. The smallest absolute Gasteiger partial charge is 0.0855 e. The van der Waals surface area contributed by atoms with Crippen LogP contribution in [0.3, 0.4) is 0 Å². The Morgan fingerprint density at radius 3 is 2.17 bits per heavy atom. The first-order valence-corrected chi connectivity index (χ1v) is 6.19. The van der Waals surface area contributed by atoms with E-state index in [2.05, 4.69) is 36.4 Å². The second-order valence-corrected chi connectivity index (χ2v) is 4.18. The van der Waals surface area contributed by atoms with Crippen molar-refractivity contribution in [1.29, 1.82) is 0 Å². The third-order valence-electron chi connectivity index (χ3n) is 2.92. The van der Waals surface area contributed by atoms with E-state index in [-0.39, 0.29) is 6.10 Å². The van der Waals surface area contributed by atoms with Crippen LogP contribution in [0.25, 0.3) is 6.08 Å². The first-order valence-electron chi connectivity index (χ1n) is 6.19. The minimum atomic E-state index is 0.131. The molecule has 0 aliphatic heterocycles.